The zero-order valence-electron chi connectivity index (χ0n) is 11.4. The summed E-state index contributed by atoms with van der Waals surface area (Å²) in [6.45, 7) is 3.80. The van der Waals surface area contributed by atoms with Crippen molar-refractivity contribution in [3.63, 3.8) is 0 Å². The lowest BCUT2D eigenvalue weighted by molar-refractivity contribution is 0.559. The number of halogens is 1. The number of hydrogen-bond donors (Lipinski definition) is 1. The van der Waals surface area contributed by atoms with Crippen LogP contribution in [0, 0.1) is 19.7 Å². The minimum atomic E-state index is -0.277. The molecule has 2 nitrogen and oxygen atoms in total. The van der Waals surface area contributed by atoms with Crippen molar-refractivity contribution >= 4 is 0 Å². The Bertz CT molecular complexity index is 529. The van der Waals surface area contributed by atoms with Crippen molar-refractivity contribution in [2.45, 2.75) is 32.7 Å². The van der Waals surface area contributed by atoms with Gasteiger partial charge in [-0.15, -0.1) is 0 Å². The molecule has 1 aromatic carbocycles. The molecule has 2 rings (SSSR count). The molecule has 0 saturated carbocycles. The molecule has 100 valence electrons. The van der Waals surface area contributed by atoms with Gasteiger partial charge in [0.25, 0.3) is 0 Å². The predicted molar refractivity (Wildman–Crippen MR) is 75.4 cm³/mol. The van der Waals surface area contributed by atoms with Gasteiger partial charge in [0, 0.05) is 24.0 Å². The molecule has 0 fully saturated rings. The number of benzene rings is 1. The van der Waals surface area contributed by atoms with Crippen LogP contribution in [0.1, 0.15) is 34.7 Å². The zero-order valence-corrected chi connectivity index (χ0v) is 11.4. The van der Waals surface area contributed by atoms with Crippen LogP contribution in [-0.4, -0.2) is 4.98 Å². The van der Waals surface area contributed by atoms with Gasteiger partial charge >= 0.3 is 0 Å². The normalized spacial score (nSPS) is 12.4. The molecule has 0 bridgehead atoms. The summed E-state index contributed by atoms with van der Waals surface area (Å²) in [5.41, 5.74) is 9.75. The van der Waals surface area contributed by atoms with Crippen molar-refractivity contribution in [2.24, 2.45) is 5.73 Å². The van der Waals surface area contributed by atoms with Crippen LogP contribution in [0.4, 0.5) is 4.39 Å². The highest BCUT2D eigenvalue weighted by molar-refractivity contribution is 5.34. The van der Waals surface area contributed by atoms with Gasteiger partial charge in [0.1, 0.15) is 5.82 Å². The van der Waals surface area contributed by atoms with E-state index in [1.54, 1.807) is 12.3 Å². The molecule has 3 heteroatoms. The number of aromatic nitrogens is 1. The summed E-state index contributed by atoms with van der Waals surface area (Å²) in [6.07, 6.45) is 5.09. The standard InChI is InChI=1S/C16H19FN2/c1-11-8-12(2)16(14(17)9-11)15(18)6-5-13-4-3-7-19-10-13/h3-4,7-10,15H,5-6,18H2,1-2H3. The van der Waals surface area contributed by atoms with Crippen LogP contribution in [0.25, 0.3) is 0 Å². The third-order valence-electron chi connectivity index (χ3n) is 3.32. The Morgan fingerprint density at radius 3 is 2.74 bits per heavy atom. The maximum Gasteiger partial charge on any atom is 0.128 e. The fourth-order valence-electron chi connectivity index (χ4n) is 2.41. The van der Waals surface area contributed by atoms with E-state index in [1.807, 2.05) is 38.2 Å². The Balaban J connectivity index is 2.10. The summed E-state index contributed by atoms with van der Waals surface area (Å²) in [7, 11) is 0. The SMILES string of the molecule is Cc1cc(C)c(C(N)CCc2cccnc2)c(F)c1. The molecule has 0 aliphatic rings. The Morgan fingerprint density at radius 2 is 2.11 bits per heavy atom. The van der Waals surface area contributed by atoms with E-state index < -0.39 is 0 Å². The first-order valence-electron chi connectivity index (χ1n) is 6.49. The monoisotopic (exact) mass is 258 g/mol. The van der Waals surface area contributed by atoms with Crippen LogP contribution < -0.4 is 5.73 Å². The molecule has 1 atom stereocenters. The van der Waals surface area contributed by atoms with Gasteiger partial charge in [0.15, 0.2) is 0 Å². The fourth-order valence-corrected chi connectivity index (χ4v) is 2.41. The number of nitrogens with zero attached hydrogens (tertiary/aromatic N) is 1. The molecule has 1 unspecified atom stereocenters. The summed E-state index contributed by atoms with van der Waals surface area (Å²) in [4.78, 5) is 4.07. The molecule has 2 N–H and O–H groups in total. The van der Waals surface area contributed by atoms with Gasteiger partial charge in [-0.2, -0.15) is 0 Å². The molecule has 2 aromatic rings. The van der Waals surface area contributed by atoms with Gasteiger partial charge in [0.2, 0.25) is 0 Å². The van der Waals surface area contributed by atoms with E-state index in [0.717, 1.165) is 23.1 Å². The average Bonchev–Trinajstić information content (AvgIpc) is 2.36. The largest absolute Gasteiger partial charge is 0.324 e. The summed E-state index contributed by atoms with van der Waals surface area (Å²) in [6, 6.07) is 7.16. The summed E-state index contributed by atoms with van der Waals surface area (Å²) >= 11 is 0. The molecule has 0 radical (unpaired) electrons. The van der Waals surface area contributed by atoms with E-state index in [1.165, 1.54) is 0 Å². The van der Waals surface area contributed by atoms with Gasteiger partial charge in [-0.3, -0.25) is 4.98 Å². The van der Waals surface area contributed by atoms with E-state index >= 15 is 0 Å². The molecule has 0 amide bonds. The highest BCUT2D eigenvalue weighted by atomic mass is 19.1. The first-order chi connectivity index (χ1) is 9.08. The Morgan fingerprint density at radius 1 is 1.32 bits per heavy atom. The molecule has 0 saturated heterocycles. The summed E-state index contributed by atoms with van der Waals surface area (Å²) in [5, 5.41) is 0. The highest BCUT2D eigenvalue weighted by Crippen LogP contribution is 2.24. The second-order valence-electron chi connectivity index (χ2n) is 4.98. The first kappa shape index (κ1) is 13.7. The quantitative estimate of drug-likeness (QED) is 0.912. The Hall–Kier alpha value is -1.74. The van der Waals surface area contributed by atoms with Gasteiger partial charge in [-0.25, -0.2) is 4.39 Å². The lowest BCUT2D eigenvalue weighted by Crippen LogP contribution is -2.15. The van der Waals surface area contributed by atoms with E-state index in [0.29, 0.717) is 12.0 Å². The minimum Gasteiger partial charge on any atom is -0.324 e. The van der Waals surface area contributed by atoms with Crippen LogP contribution in [0.2, 0.25) is 0 Å². The summed E-state index contributed by atoms with van der Waals surface area (Å²) < 4.78 is 14.0. The van der Waals surface area contributed by atoms with Crippen LogP contribution in [0.5, 0.6) is 0 Å². The zero-order chi connectivity index (χ0) is 13.8. The number of rotatable bonds is 4. The predicted octanol–water partition coefficient (Wildman–Crippen LogP) is 3.47. The fraction of sp³-hybridized carbons (Fsp3) is 0.312. The summed E-state index contributed by atoms with van der Waals surface area (Å²) in [5.74, 6) is -0.198. The maximum absolute atomic E-state index is 14.0. The maximum atomic E-state index is 14.0. The molecular formula is C16H19FN2. The molecule has 0 aliphatic carbocycles. The first-order valence-corrected chi connectivity index (χ1v) is 6.49. The van der Waals surface area contributed by atoms with Crippen molar-refractivity contribution < 1.29 is 4.39 Å². The van der Waals surface area contributed by atoms with E-state index in [9.17, 15) is 4.39 Å². The number of nitrogens with two attached hydrogens (primary N) is 1. The van der Waals surface area contributed by atoms with Gasteiger partial charge in [0.05, 0.1) is 0 Å². The second-order valence-corrected chi connectivity index (χ2v) is 4.98. The molecule has 0 spiro atoms. The Kier molecular flexibility index (Phi) is 4.27. The molecular weight excluding hydrogens is 239 g/mol. The lowest BCUT2D eigenvalue weighted by atomic mass is 9.95. The van der Waals surface area contributed by atoms with Gasteiger partial charge < -0.3 is 5.73 Å². The average molecular weight is 258 g/mol. The lowest BCUT2D eigenvalue weighted by Gasteiger charge is -2.16. The second kappa shape index (κ2) is 5.93. The van der Waals surface area contributed by atoms with Gasteiger partial charge in [-0.1, -0.05) is 12.1 Å². The number of aryl methyl sites for hydroxylation is 3. The number of pyridine rings is 1. The van der Waals surface area contributed by atoms with Crippen molar-refractivity contribution in [2.75, 3.05) is 0 Å². The van der Waals surface area contributed by atoms with Crippen LogP contribution in [-0.2, 0) is 6.42 Å². The molecule has 1 aromatic heterocycles. The van der Waals surface area contributed by atoms with Crippen LogP contribution >= 0.6 is 0 Å². The van der Waals surface area contributed by atoms with Crippen LogP contribution in [0.15, 0.2) is 36.7 Å². The minimum absolute atomic E-state index is 0.198. The topological polar surface area (TPSA) is 38.9 Å². The number of hydrogen-bond acceptors (Lipinski definition) is 2. The van der Waals surface area contributed by atoms with Crippen LogP contribution in [0.3, 0.4) is 0 Å². The molecule has 19 heavy (non-hydrogen) atoms. The van der Waals surface area contributed by atoms with Crippen molar-refractivity contribution in [3.05, 3.63) is 64.7 Å². The van der Waals surface area contributed by atoms with E-state index in [-0.39, 0.29) is 11.9 Å². The van der Waals surface area contributed by atoms with Crippen molar-refractivity contribution in [3.8, 4) is 0 Å². The third-order valence-corrected chi connectivity index (χ3v) is 3.32. The van der Waals surface area contributed by atoms with Crippen molar-refractivity contribution in [1.29, 1.82) is 0 Å². The highest BCUT2D eigenvalue weighted by Gasteiger charge is 2.14. The van der Waals surface area contributed by atoms with E-state index in [2.05, 4.69) is 4.98 Å². The third kappa shape index (κ3) is 3.38. The molecule has 1 heterocycles. The molecule has 0 aliphatic heterocycles. The van der Waals surface area contributed by atoms with E-state index in [4.69, 9.17) is 5.73 Å². The smallest absolute Gasteiger partial charge is 0.128 e. The van der Waals surface area contributed by atoms with Crippen molar-refractivity contribution in [1.82, 2.24) is 4.98 Å². The van der Waals surface area contributed by atoms with Gasteiger partial charge in [-0.05, 0) is 55.5 Å². The Labute approximate surface area is 113 Å².